The summed E-state index contributed by atoms with van der Waals surface area (Å²) in [4.78, 5) is 13.9. The fourth-order valence-electron chi connectivity index (χ4n) is 2.48. The fraction of sp³-hybridized carbons (Fsp3) is 0.889. The predicted molar refractivity (Wildman–Crippen MR) is 44.7 cm³/mol. The number of fused-ring (bicyclic) bond motifs is 2. The number of hydrogen-bond acceptors (Lipinski definition) is 3. The van der Waals surface area contributed by atoms with Gasteiger partial charge in [-0.15, -0.1) is 0 Å². The van der Waals surface area contributed by atoms with Crippen molar-refractivity contribution in [1.82, 2.24) is 4.90 Å². The number of methoxy groups -OCH3 is 1. The lowest BCUT2D eigenvalue weighted by molar-refractivity contribution is -0.153. The molecule has 12 heavy (non-hydrogen) atoms. The number of carbonyl (C=O) groups excluding carboxylic acids is 1. The highest BCUT2D eigenvalue weighted by atomic mass is 16.5. The summed E-state index contributed by atoms with van der Waals surface area (Å²) in [5, 5.41) is 0. The Hall–Kier alpha value is -0.570. The molecule has 0 N–H and O–H groups in total. The smallest absolute Gasteiger partial charge is 0.313 e. The largest absolute Gasteiger partial charge is 0.469 e. The van der Waals surface area contributed by atoms with Crippen LogP contribution in [0.3, 0.4) is 0 Å². The Morgan fingerprint density at radius 2 is 2.25 bits per heavy atom. The van der Waals surface area contributed by atoms with Crippen LogP contribution in [-0.2, 0) is 9.53 Å². The molecule has 0 spiro atoms. The fourth-order valence-corrected chi connectivity index (χ4v) is 2.48. The molecule has 2 aliphatic heterocycles. The van der Waals surface area contributed by atoms with Gasteiger partial charge in [-0.3, -0.25) is 4.79 Å². The van der Waals surface area contributed by atoms with E-state index in [1.807, 2.05) is 0 Å². The Morgan fingerprint density at radius 1 is 1.42 bits per heavy atom. The normalized spacial score (nSPS) is 39.6. The molecule has 0 aromatic heterocycles. The zero-order valence-corrected chi connectivity index (χ0v) is 7.51. The summed E-state index contributed by atoms with van der Waals surface area (Å²) in [6, 6.07) is 0. The molecule has 2 heterocycles. The molecule has 2 rings (SSSR count). The van der Waals surface area contributed by atoms with Crippen LogP contribution < -0.4 is 0 Å². The minimum absolute atomic E-state index is 0.00435. The zero-order chi connectivity index (χ0) is 8.60. The van der Waals surface area contributed by atoms with Crippen LogP contribution in [0.1, 0.15) is 19.3 Å². The van der Waals surface area contributed by atoms with E-state index in [9.17, 15) is 4.79 Å². The number of esters is 1. The highest BCUT2D eigenvalue weighted by Gasteiger charge is 2.47. The highest BCUT2D eigenvalue weighted by molar-refractivity contribution is 5.77. The van der Waals surface area contributed by atoms with Crippen molar-refractivity contribution in [1.29, 1.82) is 0 Å². The molecule has 0 amide bonds. The molecule has 3 heteroatoms. The van der Waals surface area contributed by atoms with E-state index in [1.54, 1.807) is 0 Å². The molecule has 2 fully saturated rings. The molecule has 0 saturated carbocycles. The molecule has 3 nitrogen and oxygen atoms in total. The number of nitrogens with zero attached hydrogens (tertiary/aromatic N) is 1. The molecule has 2 saturated heterocycles. The SMILES string of the molecule is COC(=O)[C@@]12CCCN(CC1)C2. The summed E-state index contributed by atoms with van der Waals surface area (Å²) in [5.41, 5.74) is -0.132. The molecular weight excluding hydrogens is 154 g/mol. The second-order valence-corrected chi connectivity index (χ2v) is 3.90. The Labute approximate surface area is 72.7 Å². The van der Waals surface area contributed by atoms with E-state index in [2.05, 4.69) is 4.90 Å². The first kappa shape index (κ1) is 8.05. The van der Waals surface area contributed by atoms with E-state index < -0.39 is 0 Å². The van der Waals surface area contributed by atoms with Gasteiger partial charge in [0.2, 0.25) is 0 Å². The molecule has 2 aliphatic rings. The standard InChI is InChI=1S/C9H15NO2/c1-12-8(11)9-3-2-5-10(7-9)6-4-9/h2-7H2,1H3/t9-/m0/s1. The van der Waals surface area contributed by atoms with Gasteiger partial charge in [-0.2, -0.15) is 0 Å². The summed E-state index contributed by atoms with van der Waals surface area (Å²) in [6.45, 7) is 3.17. The van der Waals surface area contributed by atoms with Crippen molar-refractivity contribution in [3.8, 4) is 0 Å². The quantitative estimate of drug-likeness (QED) is 0.540. The summed E-state index contributed by atoms with van der Waals surface area (Å²) in [5.74, 6) is 0.00435. The maximum atomic E-state index is 11.5. The van der Waals surface area contributed by atoms with Crippen molar-refractivity contribution in [2.24, 2.45) is 5.41 Å². The Bertz CT molecular complexity index is 201. The van der Waals surface area contributed by atoms with Crippen LogP contribution in [0.5, 0.6) is 0 Å². The third-order valence-corrected chi connectivity index (χ3v) is 3.18. The first-order valence-corrected chi connectivity index (χ1v) is 4.58. The Morgan fingerprint density at radius 3 is 3.00 bits per heavy atom. The minimum Gasteiger partial charge on any atom is -0.469 e. The van der Waals surface area contributed by atoms with E-state index in [-0.39, 0.29) is 11.4 Å². The number of rotatable bonds is 1. The van der Waals surface area contributed by atoms with Crippen LogP contribution in [0.25, 0.3) is 0 Å². The van der Waals surface area contributed by atoms with Crippen LogP contribution in [0, 0.1) is 5.41 Å². The minimum atomic E-state index is -0.132. The van der Waals surface area contributed by atoms with Gasteiger partial charge in [0.1, 0.15) is 0 Å². The second kappa shape index (κ2) is 2.73. The number of hydrogen-bond donors (Lipinski definition) is 0. The number of piperidine rings is 1. The van der Waals surface area contributed by atoms with Crippen molar-refractivity contribution in [2.45, 2.75) is 19.3 Å². The van der Waals surface area contributed by atoms with E-state index in [1.165, 1.54) is 13.7 Å². The zero-order valence-electron chi connectivity index (χ0n) is 7.51. The van der Waals surface area contributed by atoms with Gasteiger partial charge in [0.05, 0.1) is 12.5 Å². The third kappa shape index (κ3) is 1.04. The average Bonchev–Trinajstić information content (AvgIpc) is 2.42. The van der Waals surface area contributed by atoms with Crippen molar-refractivity contribution >= 4 is 5.97 Å². The van der Waals surface area contributed by atoms with Gasteiger partial charge < -0.3 is 9.64 Å². The Balaban J connectivity index is 2.15. The lowest BCUT2D eigenvalue weighted by atomic mass is 9.81. The van der Waals surface area contributed by atoms with Gasteiger partial charge in [-0.25, -0.2) is 0 Å². The highest BCUT2D eigenvalue weighted by Crippen LogP contribution is 2.39. The molecule has 0 aromatic carbocycles. The van der Waals surface area contributed by atoms with Crippen molar-refractivity contribution in [2.75, 3.05) is 26.7 Å². The van der Waals surface area contributed by atoms with E-state index in [0.717, 1.165) is 32.4 Å². The number of carbonyl (C=O) groups is 1. The summed E-state index contributed by atoms with van der Waals surface area (Å²) < 4.78 is 4.84. The second-order valence-electron chi connectivity index (χ2n) is 3.90. The number of ether oxygens (including phenoxy) is 1. The van der Waals surface area contributed by atoms with Crippen molar-refractivity contribution in [3.63, 3.8) is 0 Å². The van der Waals surface area contributed by atoms with Gasteiger partial charge >= 0.3 is 5.97 Å². The molecule has 68 valence electrons. The molecule has 2 atom stereocenters. The topological polar surface area (TPSA) is 29.5 Å². The lowest BCUT2D eigenvalue weighted by Gasteiger charge is -2.30. The van der Waals surface area contributed by atoms with Crippen LogP contribution in [-0.4, -0.2) is 37.6 Å². The molecule has 0 radical (unpaired) electrons. The average molecular weight is 169 g/mol. The lowest BCUT2D eigenvalue weighted by Crippen LogP contribution is -2.40. The van der Waals surface area contributed by atoms with Gasteiger partial charge in [0.15, 0.2) is 0 Å². The first-order valence-electron chi connectivity index (χ1n) is 4.58. The Kier molecular flexibility index (Phi) is 1.83. The van der Waals surface area contributed by atoms with Gasteiger partial charge in [-0.05, 0) is 32.4 Å². The molecule has 0 aromatic rings. The predicted octanol–water partition coefficient (Wildman–Crippen LogP) is 0.645. The monoisotopic (exact) mass is 169 g/mol. The molecule has 0 aliphatic carbocycles. The van der Waals surface area contributed by atoms with Gasteiger partial charge in [0, 0.05) is 6.54 Å². The third-order valence-electron chi connectivity index (χ3n) is 3.18. The summed E-state index contributed by atoms with van der Waals surface area (Å²) >= 11 is 0. The van der Waals surface area contributed by atoms with Gasteiger partial charge in [-0.1, -0.05) is 0 Å². The van der Waals surface area contributed by atoms with Crippen LogP contribution in [0.4, 0.5) is 0 Å². The van der Waals surface area contributed by atoms with E-state index in [4.69, 9.17) is 4.74 Å². The van der Waals surface area contributed by atoms with Crippen LogP contribution in [0.15, 0.2) is 0 Å². The maximum absolute atomic E-state index is 11.5. The molecular formula is C9H15NO2. The van der Waals surface area contributed by atoms with E-state index >= 15 is 0 Å². The molecule has 1 unspecified atom stereocenters. The van der Waals surface area contributed by atoms with Gasteiger partial charge in [0.25, 0.3) is 0 Å². The van der Waals surface area contributed by atoms with Crippen molar-refractivity contribution in [3.05, 3.63) is 0 Å². The van der Waals surface area contributed by atoms with Crippen LogP contribution >= 0.6 is 0 Å². The maximum Gasteiger partial charge on any atom is 0.313 e. The van der Waals surface area contributed by atoms with Crippen molar-refractivity contribution < 1.29 is 9.53 Å². The first-order chi connectivity index (χ1) is 5.77. The molecule has 2 bridgehead atoms. The van der Waals surface area contributed by atoms with Crippen LogP contribution in [0.2, 0.25) is 0 Å². The summed E-state index contributed by atoms with van der Waals surface area (Å²) in [6.07, 6.45) is 3.17. The van der Waals surface area contributed by atoms with E-state index in [0.29, 0.717) is 0 Å². The summed E-state index contributed by atoms with van der Waals surface area (Å²) in [7, 11) is 1.49.